The Morgan fingerprint density at radius 1 is 0.958 bits per heavy atom. The molecule has 1 aliphatic heterocycles. The van der Waals surface area contributed by atoms with E-state index in [9.17, 15) is 4.79 Å². The zero-order valence-corrected chi connectivity index (χ0v) is 14.0. The van der Waals surface area contributed by atoms with E-state index in [1.165, 1.54) is 0 Å². The molecule has 1 heterocycles. The molecule has 0 saturated heterocycles. The van der Waals surface area contributed by atoms with Crippen LogP contribution in [0.15, 0.2) is 73.8 Å². The Morgan fingerprint density at radius 2 is 1.54 bits per heavy atom. The molecule has 1 amide bonds. The number of amides is 1. The van der Waals surface area contributed by atoms with Crippen LogP contribution in [0, 0.1) is 0 Å². The maximum Gasteiger partial charge on any atom is 0.249 e. The lowest BCUT2D eigenvalue weighted by molar-refractivity contribution is -0.119. The Kier molecular flexibility index (Phi) is 4.52. The third kappa shape index (κ3) is 2.62. The van der Waals surface area contributed by atoms with Crippen molar-refractivity contribution in [3.63, 3.8) is 0 Å². The Morgan fingerprint density at radius 3 is 2.17 bits per heavy atom. The minimum Gasteiger partial charge on any atom is -0.355 e. The van der Waals surface area contributed by atoms with E-state index in [2.05, 4.69) is 36.3 Å². The summed E-state index contributed by atoms with van der Waals surface area (Å²) in [6.07, 6.45) is 4.24. The molecule has 0 spiro atoms. The first-order valence-electron chi connectivity index (χ1n) is 8.13. The summed E-state index contributed by atoms with van der Waals surface area (Å²) >= 11 is 0. The van der Waals surface area contributed by atoms with E-state index < -0.39 is 0 Å². The van der Waals surface area contributed by atoms with E-state index in [4.69, 9.17) is 0 Å². The van der Waals surface area contributed by atoms with Gasteiger partial charge >= 0.3 is 0 Å². The SMILES string of the molecule is C=CCC1C(=O)N(C)c2ccccc2-c2ccccc2N1CC=C. The molecule has 0 N–H and O–H groups in total. The Balaban J connectivity index is 2.29. The number of rotatable bonds is 4. The van der Waals surface area contributed by atoms with E-state index in [1.54, 1.807) is 4.90 Å². The number of hydrogen-bond donors (Lipinski definition) is 0. The van der Waals surface area contributed by atoms with E-state index in [0.29, 0.717) is 13.0 Å². The van der Waals surface area contributed by atoms with Crippen LogP contribution in [0.4, 0.5) is 11.4 Å². The molecule has 3 rings (SSSR count). The lowest BCUT2D eigenvalue weighted by atomic mass is 9.96. The number of likely N-dealkylation sites (N-methyl/N-ethyl adjacent to an activating group) is 1. The Hall–Kier alpha value is -2.81. The van der Waals surface area contributed by atoms with Gasteiger partial charge in [0, 0.05) is 30.4 Å². The molecule has 0 radical (unpaired) electrons. The van der Waals surface area contributed by atoms with Gasteiger partial charge < -0.3 is 9.80 Å². The van der Waals surface area contributed by atoms with Crippen molar-refractivity contribution in [1.29, 1.82) is 0 Å². The van der Waals surface area contributed by atoms with Gasteiger partial charge in [0.05, 0.1) is 5.69 Å². The van der Waals surface area contributed by atoms with Crippen molar-refractivity contribution >= 4 is 17.3 Å². The van der Waals surface area contributed by atoms with Gasteiger partial charge in [-0.15, -0.1) is 13.2 Å². The highest BCUT2D eigenvalue weighted by Crippen LogP contribution is 2.40. The molecule has 0 aliphatic carbocycles. The first kappa shape index (κ1) is 16.1. The third-order valence-corrected chi connectivity index (χ3v) is 4.48. The molecule has 0 saturated carbocycles. The van der Waals surface area contributed by atoms with Crippen molar-refractivity contribution in [2.24, 2.45) is 0 Å². The Bertz CT molecular complexity index is 781. The Labute approximate surface area is 143 Å². The van der Waals surface area contributed by atoms with Crippen molar-refractivity contribution in [3.8, 4) is 11.1 Å². The summed E-state index contributed by atoms with van der Waals surface area (Å²) in [6.45, 7) is 8.32. The summed E-state index contributed by atoms with van der Waals surface area (Å²) in [5, 5.41) is 0. The van der Waals surface area contributed by atoms with Crippen molar-refractivity contribution in [2.45, 2.75) is 12.5 Å². The number of carbonyl (C=O) groups is 1. The van der Waals surface area contributed by atoms with Gasteiger partial charge in [-0.1, -0.05) is 48.6 Å². The lowest BCUT2D eigenvalue weighted by Crippen LogP contribution is -2.49. The number of fused-ring (bicyclic) bond motifs is 3. The molecular formula is C21H22N2O. The van der Waals surface area contributed by atoms with Crippen LogP contribution in [0.5, 0.6) is 0 Å². The zero-order chi connectivity index (χ0) is 17.1. The predicted molar refractivity (Wildman–Crippen MR) is 101 cm³/mol. The molecular weight excluding hydrogens is 296 g/mol. The smallest absolute Gasteiger partial charge is 0.249 e. The normalized spacial score (nSPS) is 16.7. The summed E-state index contributed by atoms with van der Waals surface area (Å²) in [4.78, 5) is 17.0. The highest BCUT2D eigenvalue weighted by Gasteiger charge is 2.32. The van der Waals surface area contributed by atoms with Crippen LogP contribution in [0.2, 0.25) is 0 Å². The van der Waals surface area contributed by atoms with E-state index in [-0.39, 0.29) is 11.9 Å². The molecule has 3 nitrogen and oxygen atoms in total. The van der Waals surface area contributed by atoms with Crippen molar-refractivity contribution in [3.05, 3.63) is 73.8 Å². The van der Waals surface area contributed by atoms with Gasteiger partial charge in [-0.3, -0.25) is 4.79 Å². The number of para-hydroxylation sites is 2. The molecule has 122 valence electrons. The van der Waals surface area contributed by atoms with Gasteiger partial charge in [-0.2, -0.15) is 0 Å². The maximum absolute atomic E-state index is 13.1. The lowest BCUT2D eigenvalue weighted by Gasteiger charge is -2.38. The van der Waals surface area contributed by atoms with Crippen LogP contribution in [-0.2, 0) is 4.79 Å². The molecule has 2 aromatic carbocycles. The summed E-state index contributed by atoms with van der Waals surface area (Å²) < 4.78 is 0. The maximum atomic E-state index is 13.1. The summed E-state index contributed by atoms with van der Waals surface area (Å²) in [6, 6.07) is 16.0. The number of hydrogen-bond acceptors (Lipinski definition) is 2. The largest absolute Gasteiger partial charge is 0.355 e. The summed E-state index contributed by atoms with van der Waals surface area (Å²) in [7, 11) is 1.84. The van der Waals surface area contributed by atoms with E-state index >= 15 is 0 Å². The zero-order valence-electron chi connectivity index (χ0n) is 14.0. The van der Waals surface area contributed by atoms with Gasteiger partial charge in [0.2, 0.25) is 5.91 Å². The number of carbonyl (C=O) groups excluding carboxylic acids is 1. The van der Waals surface area contributed by atoms with Crippen LogP contribution in [0.25, 0.3) is 11.1 Å². The second kappa shape index (κ2) is 6.75. The van der Waals surface area contributed by atoms with Gasteiger partial charge in [-0.05, 0) is 18.6 Å². The van der Waals surface area contributed by atoms with Crippen LogP contribution in [0.3, 0.4) is 0 Å². The first-order chi connectivity index (χ1) is 11.7. The average molecular weight is 318 g/mol. The fraction of sp³-hybridized carbons (Fsp3) is 0.190. The first-order valence-corrected chi connectivity index (χ1v) is 8.13. The molecule has 0 bridgehead atoms. The van der Waals surface area contributed by atoms with Gasteiger partial charge in [0.25, 0.3) is 0 Å². The minimum atomic E-state index is -0.292. The van der Waals surface area contributed by atoms with Gasteiger partial charge in [0.15, 0.2) is 0 Å². The molecule has 2 aromatic rings. The monoisotopic (exact) mass is 318 g/mol. The van der Waals surface area contributed by atoms with Gasteiger partial charge in [-0.25, -0.2) is 0 Å². The fourth-order valence-corrected chi connectivity index (χ4v) is 3.34. The van der Waals surface area contributed by atoms with Gasteiger partial charge in [0.1, 0.15) is 6.04 Å². The van der Waals surface area contributed by atoms with Crippen molar-refractivity contribution in [1.82, 2.24) is 0 Å². The number of anilines is 2. The molecule has 1 aliphatic rings. The third-order valence-electron chi connectivity index (χ3n) is 4.48. The highest BCUT2D eigenvalue weighted by atomic mass is 16.2. The fourth-order valence-electron chi connectivity index (χ4n) is 3.34. The quantitative estimate of drug-likeness (QED) is 0.786. The molecule has 0 aromatic heterocycles. The minimum absolute atomic E-state index is 0.0682. The molecule has 1 unspecified atom stereocenters. The molecule has 1 atom stereocenters. The second-order valence-corrected chi connectivity index (χ2v) is 5.91. The van der Waals surface area contributed by atoms with Crippen molar-refractivity contribution in [2.75, 3.05) is 23.4 Å². The van der Waals surface area contributed by atoms with Crippen LogP contribution < -0.4 is 9.80 Å². The standard InChI is InChI=1S/C21H22N2O/c1-4-10-20-21(24)22(3)18-13-8-6-11-16(18)17-12-7-9-14-19(17)23(20)15-5-2/h4-9,11-14,20H,1-2,10,15H2,3H3. The topological polar surface area (TPSA) is 23.6 Å². The highest BCUT2D eigenvalue weighted by molar-refractivity contribution is 6.05. The van der Waals surface area contributed by atoms with Crippen LogP contribution in [0.1, 0.15) is 6.42 Å². The molecule has 24 heavy (non-hydrogen) atoms. The van der Waals surface area contributed by atoms with Crippen LogP contribution in [-0.4, -0.2) is 25.5 Å². The van der Waals surface area contributed by atoms with E-state index in [0.717, 1.165) is 22.5 Å². The van der Waals surface area contributed by atoms with Crippen LogP contribution >= 0.6 is 0 Å². The molecule has 0 fully saturated rings. The number of benzene rings is 2. The predicted octanol–water partition coefficient (Wildman–Crippen LogP) is 4.27. The van der Waals surface area contributed by atoms with Crippen molar-refractivity contribution < 1.29 is 4.79 Å². The van der Waals surface area contributed by atoms with E-state index in [1.807, 2.05) is 49.5 Å². The number of nitrogens with zero attached hydrogens (tertiary/aromatic N) is 2. The summed E-state index contributed by atoms with van der Waals surface area (Å²) in [5.41, 5.74) is 4.18. The molecule has 3 heteroatoms. The average Bonchev–Trinajstić information content (AvgIpc) is 2.63. The second-order valence-electron chi connectivity index (χ2n) is 5.91. The summed E-state index contributed by atoms with van der Waals surface area (Å²) in [5.74, 6) is 0.0682.